The lowest BCUT2D eigenvalue weighted by molar-refractivity contribution is -0.147. The van der Waals surface area contributed by atoms with Crippen molar-refractivity contribution >= 4 is 5.97 Å². The van der Waals surface area contributed by atoms with Crippen molar-refractivity contribution in [2.45, 2.75) is 38.8 Å². The van der Waals surface area contributed by atoms with Gasteiger partial charge in [0.2, 0.25) is 0 Å². The van der Waals surface area contributed by atoms with E-state index in [2.05, 4.69) is 4.74 Å². The third-order valence-corrected chi connectivity index (χ3v) is 3.64. The summed E-state index contributed by atoms with van der Waals surface area (Å²) in [4.78, 5) is 11.9. The van der Waals surface area contributed by atoms with Crippen LogP contribution in [0.15, 0.2) is 53.8 Å². The predicted octanol–water partition coefficient (Wildman–Crippen LogP) is 3.60. The van der Waals surface area contributed by atoms with E-state index < -0.39 is 24.8 Å². The number of halogens is 2. The molecule has 2 unspecified atom stereocenters. The Balaban J connectivity index is 2.02. The first kappa shape index (κ1) is 20.1. The highest BCUT2D eigenvalue weighted by molar-refractivity contribution is 5.89. The van der Waals surface area contributed by atoms with E-state index in [1.54, 1.807) is 13.0 Å². The fourth-order valence-electron chi connectivity index (χ4n) is 2.44. The average molecular weight is 368 g/mol. The largest absolute Gasteiger partial charge is 0.489 e. The fraction of sp³-hybridized carbons (Fsp3) is 0.421. The highest BCUT2D eigenvalue weighted by Gasteiger charge is 2.23. The van der Waals surface area contributed by atoms with Crippen molar-refractivity contribution in [1.82, 2.24) is 0 Å². The molecule has 0 spiro atoms. The van der Waals surface area contributed by atoms with Crippen LogP contribution in [0.25, 0.3) is 0 Å². The summed E-state index contributed by atoms with van der Waals surface area (Å²) in [7, 11) is 1.29. The second-order valence-electron chi connectivity index (χ2n) is 5.79. The maximum absolute atomic E-state index is 12.1. The van der Waals surface area contributed by atoms with E-state index in [4.69, 9.17) is 14.2 Å². The smallest absolute Gasteiger partial charge is 0.345 e. The minimum atomic E-state index is -2.86. The van der Waals surface area contributed by atoms with Crippen molar-refractivity contribution in [2.75, 3.05) is 13.7 Å². The van der Waals surface area contributed by atoms with Gasteiger partial charge in [-0.25, -0.2) is 4.79 Å². The van der Waals surface area contributed by atoms with Crippen LogP contribution < -0.4 is 0 Å². The summed E-state index contributed by atoms with van der Waals surface area (Å²) in [5, 5.41) is 0. The lowest BCUT2D eigenvalue weighted by atomic mass is 10.0. The van der Waals surface area contributed by atoms with Crippen LogP contribution in [0.4, 0.5) is 8.78 Å². The van der Waals surface area contributed by atoms with E-state index in [0.29, 0.717) is 24.4 Å². The van der Waals surface area contributed by atoms with E-state index in [1.807, 2.05) is 30.3 Å². The van der Waals surface area contributed by atoms with Gasteiger partial charge in [0.25, 0.3) is 0 Å². The number of hydrogen-bond acceptors (Lipinski definition) is 5. The molecule has 0 bridgehead atoms. The summed E-state index contributed by atoms with van der Waals surface area (Å²) in [6.07, 6.45) is 2.58. The predicted molar refractivity (Wildman–Crippen MR) is 90.3 cm³/mol. The molecule has 0 N–H and O–H groups in total. The van der Waals surface area contributed by atoms with Gasteiger partial charge in [-0.05, 0) is 24.6 Å². The van der Waals surface area contributed by atoms with Gasteiger partial charge in [-0.3, -0.25) is 0 Å². The number of benzene rings is 1. The number of ether oxygens (including phenoxy) is 4. The summed E-state index contributed by atoms with van der Waals surface area (Å²) < 4.78 is 44.7. The molecule has 5 nitrogen and oxygen atoms in total. The molecule has 1 aliphatic rings. The minimum absolute atomic E-state index is 0.272. The van der Waals surface area contributed by atoms with Crippen LogP contribution in [0.2, 0.25) is 0 Å². The van der Waals surface area contributed by atoms with Crippen molar-refractivity contribution in [2.24, 2.45) is 0 Å². The molecule has 1 aromatic carbocycles. The third-order valence-electron chi connectivity index (χ3n) is 3.64. The van der Waals surface area contributed by atoms with E-state index in [0.717, 1.165) is 5.56 Å². The summed E-state index contributed by atoms with van der Waals surface area (Å²) in [5.41, 5.74) is 1.39. The number of allylic oxidation sites excluding steroid dienone is 1. The standard InChI is InChI=1S/C19H22F2O5/c1-13(11-25-19(20)21)26-17-9-15(18(22)23-2)8-16(10-17)24-12-14-6-4-3-5-7-14/h3-7,9-10,13,16,19H,8,11-12H2,1-2H3. The second kappa shape index (κ2) is 10.0. The van der Waals surface area contributed by atoms with Gasteiger partial charge < -0.3 is 18.9 Å². The molecule has 0 saturated carbocycles. The zero-order valence-electron chi connectivity index (χ0n) is 14.7. The zero-order valence-corrected chi connectivity index (χ0v) is 14.7. The maximum atomic E-state index is 12.1. The molecule has 0 heterocycles. The Kier molecular flexibility index (Phi) is 7.74. The molecule has 0 aromatic heterocycles. The Labute approximate surface area is 151 Å². The summed E-state index contributed by atoms with van der Waals surface area (Å²) in [6.45, 7) is -1.16. The fourth-order valence-corrected chi connectivity index (χ4v) is 2.44. The number of alkyl halides is 2. The van der Waals surface area contributed by atoms with Crippen LogP contribution >= 0.6 is 0 Å². The molecule has 0 fully saturated rings. The number of esters is 1. The highest BCUT2D eigenvalue weighted by atomic mass is 19.3. The van der Waals surface area contributed by atoms with Gasteiger partial charge in [-0.1, -0.05) is 30.3 Å². The summed E-state index contributed by atoms with van der Waals surface area (Å²) >= 11 is 0. The van der Waals surface area contributed by atoms with Crippen LogP contribution in [-0.2, 0) is 30.3 Å². The SMILES string of the molecule is COC(=O)C1=CC(OC(C)COC(F)F)=CC(OCc2ccccc2)C1. The van der Waals surface area contributed by atoms with Crippen LogP contribution in [0.3, 0.4) is 0 Å². The number of carbonyl (C=O) groups is 1. The Bertz CT molecular complexity index is 643. The van der Waals surface area contributed by atoms with Crippen molar-refractivity contribution in [3.05, 3.63) is 59.4 Å². The monoisotopic (exact) mass is 368 g/mol. The van der Waals surface area contributed by atoms with Crippen molar-refractivity contribution in [1.29, 1.82) is 0 Å². The molecule has 0 radical (unpaired) electrons. The van der Waals surface area contributed by atoms with Crippen LogP contribution in [0.5, 0.6) is 0 Å². The molecule has 0 aliphatic heterocycles. The quantitative estimate of drug-likeness (QED) is 0.624. The van der Waals surface area contributed by atoms with Gasteiger partial charge >= 0.3 is 12.6 Å². The molecule has 2 atom stereocenters. The Morgan fingerprint density at radius 1 is 1.27 bits per heavy atom. The molecule has 2 rings (SSSR count). The van der Waals surface area contributed by atoms with Gasteiger partial charge in [0.05, 0.1) is 26.4 Å². The number of rotatable bonds is 9. The lowest BCUT2D eigenvalue weighted by Crippen LogP contribution is -2.23. The Hall–Kier alpha value is -2.25. The van der Waals surface area contributed by atoms with Gasteiger partial charge in [0.15, 0.2) is 0 Å². The van der Waals surface area contributed by atoms with E-state index in [-0.39, 0.29) is 6.61 Å². The number of hydrogen-bond donors (Lipinski definition) is 0. The molecule has 7 heteroatoms. The molecular formula is C19H22F2O5. The maximum Gasteiger partial charge on any atom is 0.345 e. The highest BCUT2D eigenvalue weighted by Crippen LogP contribution is 2.24. The topological polar surface area (TPSA) is 54.0 Å². The molecule has 0 saturated heterocycles. The molecule has 26 heavy (non-hydrogen) atoms. The molecule has 142 valence electrons. The van der Waals surface area contributed by atoms with Crippen LogP contribution in [0, 0.1) is 0 Å². The average Bonchev–Trinajstić information content (AvgIpc) is 2.64. The molecular weight excluding hydrogens is 346 g/mol. The first-order chi connectivity index (χ1) is 12.5. The van der Waals surface area contributed by atoms with Gasteiger partial charge in [-0.2, -0.15) is 8.78 Å². The molecule has 1 aliphatic carbocycles. The molecule has 0 amide bonds. The number of methoxy groups -OCH3 is 1. The van der Waals surface area contributed by atoms with Crippen molar-refractivity contribution in [3.8, 4) is 0 Å². The van der Waals surface area contributed by atoms with Crippen LogP contribution in [0.1, 0.15) is 18.9 Å². The minimum Gasteiger partial charge on any atom is -0.489 e. The van der Waals surface area contributed by atoms with Crippen LogP contribution in [-0.4, -0.2) is 38.5 Å². The van der Waals surface area contributed by atoms with Crippen molar-refractivity contribution < 1.29 is 32.5 Å². The van der Waals surface area contributed by atoms with Gasteiger partial charge in [0.1, 0.15) is 11.9 Å². The third kappa shape index (κ3) is 6.57. The zero-order chi connectivity index (χ0) is 18.9. The van der Waals surface area contributed by atoms with E-state index in [9.17, 15) is 13.6 Å². The first-order valence-electron chi connectivity index (χ1n) is 8.20. The van der Waals surface area contributed by atoms with Gasteiger partial charge in [-0.15, -0.1) is 0 Å². The van der Waals surface area contributed by atoms with E-state index >= 15 is 0 Å². The Morgan fingerprint density at radius 3 is 2.65 bits per heavy atom. The lowest BCUT2D eigenvalue weighted by Gasteiger charge is -2.23. The summed E-state index contributed by atoms with van der Waals surface area (Å²) in [6, 6.07) is 9.61. The Morgan fingerprint density at radius 2 is 2.00 bits per heavy atom. The second-order valence-corrected chi connectivity index (χ2v) is 5.79. The molecule has 1 aromatic rings. The van der Waals surface area contributed by atoms with Gasteiger partial charge in [0, 0.05) is 12.0 Å². The number of carbonyl (C=O) groups excluding carboxylic acids is 1. The van der Waals surface area contributed by atoms with Crippen molar-refractivity contribution in [3.63, 3.8) is 0 Å². The normalized spacial score (nSPS) is 18.1. The first-order valence-corrected chi connectivity index (χ1v) is 8.20. The summed E-state index contributed by atoms with van der Waals surface area (Å²) in [5.74, 6) is -0.121. The van der Waals surface area contributed by atoms with E-state index in [1.165, 1.54) is 13.2 Å².